The second-order valence-electron chi connectivity index (χ2n) is 5.61. The van der Waals surface area contributed by atoms with Crippen LogP contribution in [0.5, 0.6) is 0 Å². The first-order valence-electron chi connectivity index (χ1n) is 8.76. The molecule has 0 aliphatic carbocycles. The van der Waals surface area contributed by atoms with Gasteiger partial charge in [0.15, 0.2) is 4.34 Å². The van der Waals surface area contributed by atoms with Crippen LogP contribution in [0.2, 0.25) is 5.02 Å². The number of anilines is 2. The fraction of sp³-hybridized carbons (Fsp3) is 0.158. The first-order valence-corrected chi connectivity index (χ1v) is 11.8. The van der Waals surface area contributed by atoms with Crippen LogP contribution >= 0.6 is 46.5 Å². The van der Waals surface area contributed by atoms with Gasteiger partial charge in [-0.25, -0.2) is 4.79 Å². The van der Waals surface area contributed by atoms with Gasteiger partial charge in [-0.1, -0.05) is 58.6 Å². The van der Waals surface area contributed by atoms with Gasteiger partial charge in [0.2, 0.25) is 11.0 Å². The standard InChI is InChI=1S/C19H17ClN4O3S3/c1-2-27-18(26)22-17-23-24-19(30-17)28-11-16(25)21-14-5-3-4-6-15(14)29-13-9-7-12(20)8-10-13/h3-10H,2,11H2,1H3,(H,21,25)(H,22,23,26). The molecule has 30 heavy (non-hydrogen) atoms. The Balaban J connectivity index is 1.55. The van der Waals surface area contributed by atoms with Gasteiger partial charge in [-0.3, -0.25) is 10.1 Å². The number of hydrogen-bond acceptors (Lipinski definition) is 8. The highest BCUT2D eigenvalue weighted by Gasteiger charge is 2.12. The third-order valence-corrected chi connectivity index (χ3v) is 6.73. The molecule has 2 N–H and O–H groups in total. The first-order chi connectivity index (χ1) is 14.5. The minimum absolute atomic E-state index is 0.161. The molecule has 0 bridgehead atoms. The molecule has 2 aromatic carbocycles. The van der Waals surface area contributed by atoms with Gasteiger partial charge in [0.25, 0.3) is 0 Å². The maximum atomic E-state index is 12.4. The zero-order valence-corrected chi connectivity index (χ0v) is 19.0. The van der Waals surface area contributed by atoms with E-state index in [1.807, 2.05) is 48.5 Å². The third-order valence-electron chi connectivity index (χ3n) is 3.42. The Morgan fingerprint density at radius 2 is 1.87 bits per heavy atom. The number of carbonyl (C=O) groups is 2. The lowest BCUT2D eigenvalue weighted by Gasteiger charge is -2.10. The molecule has 0 fully saturated rings. The van der Waals surface area contributed by atoms with E-state index in [9.17, 15) is 9.59 Å². The lowest BCUT2D eigenvalue weighted by molar-refractivity contribution is -0.113. The van der Waals surface area contributed by atoms with E-state index in [-0.39, 0.29) is 18.3 Å². The van der Waals surface area contributed by atoms with Gasteiger partial charge in [0.1, 0.15) is 0 Å². The van der Waals surface area contributed by atoms with Crippen LogP contribution in [0.25, 0.3) is 0 Å². The molecule has 0 saturated carbocycles. The molecule has 2 amide bonds. The molecule has 1 heterocycles. The summed E-state index contributed by atoms with van der Waals surface area (Å²) in [4.78, 5) is 25.8. The number of benzene rings is 2. The molecule has 0 spiro atoms. The number of rotatable bonds is 8. The Kier molecular flexibility index (Phi) is 8.38. The van der Waals surface area contributed by atoms with Crippen molar-refractivity contribution in [1.29, 1.82) is 0 Å². The molecule has 1 aromatic heterocycles. The minimum Gasteiger partial charge on any atom is -0.450 e. The van der Waals surface area contributed by atoms with Crippen molar-refractivity contribution < 1.29 is 14.3 Å². The topological polar surface area (TPSA) is 93.2 Å². The largest absolute Gasteiger partial charge is 0.450 e. The average Bonchev–Trinajstić information content (AvgIpc) is 3.17. The predicted molar refractivity (Wildman–Crippen MR) is 122 cm³/mol. The summed E-state index contributed by atoms with van der Waals surface area (Å²) in [6, 6.07) is 15.1. The van der Waals surface area contributed by atoms with Crippen LogP contribution in [0.15, 0.2) is 62.7 Å². The highest BCUT2D eigenvalue weighted by atomic mass is 35.5. The Morgan fingerprint density at radius 1 is 1.10 bits per heavy atom. The van der Waals surface area contributed by atoms with Crippen molar-refractivity contribution in [2.75, 3.05) is 23.0 Å². The van der Waals surface area contributed by atoms with Crippen LogP contribution in [0.3, 0.4) is 0 Å². The van der Waals surface area contributed by atoms with Crippen molar-refractivity contribution in [3.05, 3.63) is 53.6 Å². The maximum Gasteiger partial charge on any atom is 0.413 e. The van der Waals surface area contributed by atoms with E-state index in [0.717, 1.165) is 15.5 Å². The van der Waals surface area contributed by atoms with Gasteiger partial charge in [0, 0.05) is 14.8 Å². The molecule has 0 unspecified atom stereocenters. The average molecular weight is 481 g/mol. The van der Waals surface area contributed by atoms with Crippen molar-refractivity contribution in [3.8, 4) is 0 Å². The SMILES string of the molecule is CCOC(=O)Nc1nnc(SCC(=O)Nc2ccccc2Sc2ccc(Cl)cc2)s1. The molecule has 0 radical (unpaired) electrons. The van der Waals surface area contributed by atoms with Crippen LogP contribution in [-0.2, 0) is 9.53 Å². The normalized spacial score (nSPS) is 10.5. The zero-order chi connectivity index (χ0) is 21.3. The Labute approximate surface area is 191 Å². The van der Waals surface area contributed by atoms with Crippen LogP contribution in [0.4, 0.5) is 15.6 Å². The van der Waals surface area contributed by atoms with Crippen molar-refractivity contribution in [2.45, 2.75) is 21.1 Å². The first kappa shape index (κ1) is 22.4. The molecule has 0 aliphatic heterocycles. The van der Waals surface area contributed by atoms with E-state index in [1.165, 1.54) is 34.9 Å². The summed E-state index contributed by atoms with van der Waals surface area (Å²) in [6.07, 6.45) is -0.585. The second kappa shape index (κ2) is 11.2. The number of ether oxygens (including phenoxy) is 1. The second-order valence-corrected chi connectivity index (χ2v) is 9.36. The fourth-order valence-electron chi connectivity index (χ4n) is 2.18. The summed E-state index contributed by atoms with van der Waals surface area (Å²) in [6.45, 7) is 1.98. The molecule has 0 aliphatic rings. The summed E-state index contributed by atoms with van der Waals surface area (Å²) in [7, 11) is 0. The van der Waals surface area contributed by atoms with Gasteiger partial charge in [-0.2, -0.15) is 0 Å². The van der Waals surface area contributed by atoms with E-state index in [2.05, 4.69) is 20.8 Å². The quantitative estimate of drug-likeness (QED) is 0.318. The summed E-state index contributed by atoms with van der Waals surface area (Å²) >= 11 is 9.89. The summed E-state index contributed by atoms with van der Waals surface area (Å²) in [5.74, 6) is -0.00665. The summed E-state index contributed by atoms with van der Waals surface area (Å²) in [5.41, 5.74) is 0.727. The number of nitrogens with zero attached hydrogens (tertiary/aromatic N) is 2. The number of aromatic nitrogens is 2. The van der Waals surface area contributed by atoms with E-state index >= 15 is 0 Å². The third kappa shape index (κ3) is 6.91. The van der Waals surface area contributed by atoms with Gasteiger partial charge < -0.3 is 10.1 Å². The van der Waals surface area contributed by atoms with Crippen LogP contribution in [0.1, 0.15) is 6.92 Å². The number of carbonyl (C=O) groups excluding carboxylic acids is 2. The minimum atomic E-state index is -0.585. The lowest BCUT2D eigenvalue weighted by atomic mass is 10.3. The molecule has 0 saturated heterocycles. The van der Waals surface area contributed by atoms with Gasteiger partial charge in [-0.15, -0.1) is 10.2 Å². The molecular weight excluding hydrogens is 464 g/mol. The monoisotopic (exact) mass is 480 g/mol. The van der Waals surface area contributed by atoms with Crippen molar-refractivity contribution in [1.82, 2.24) is 10.2 Å². The number of amides is 2. The van der Waals surface area contributed by atoms with Crippen molar-refractivity contribution >= 4 is 69.3 Å². The van der Waals surface area contributed by atoms with E-state index in [0.29, 0.717) is 14.5 Å². The van der Waals surface area contributed by atoms with Crippen molar-refractivity contribution in [3.63, 3.8) is 0 Å². The molecule has 3 aromatic rings. The molecule has 7 nitrogen and oxygen atoms in total. The fourth-order valence-corrected chi connectivity index (χ4v) is 4.74. The van der Waals surface area contributed by atoms with E-state index in [4.69, 9.17) is 16.3 Å². The van der Waals surface area contributed by atoms with Crippen LogP contribution in [0, 0.1) is 0 Å². The Bertz CT molecular complexity index is 1010. The summed E-state index contributed by atoms with van der Waals surface area (Å²) in [5, 5.41) is 14.2. The smallest absolute Gasteiger partial charge is 0.413 e. The van der Waals surface area contributed by atoms with E-state index < -0.39 is 6.09 Å². The van der Waals surface area contributed by atoms with Gasteiger partial charge >= 0.3 is 6.09 Å². The number of para-hydroxylation sites is 1. The van der Waals surface area contributed by atoms with Crippen molar-refractivity contribution in [2.24, 2.45) is 0 Å². The zero-order valence-electron chi connectivity index (χ0n) is 15.8. The van der Waals surface area contributed by atoms with Crippen LogP contribution in [-0.4, -0.2) is 34.6 Å². The van der Waals surface area contributed by atoms with Gasteiger partial charge in [-0.05, 0) is 43.3 Å². The Hall–Kier alpha value is -2.27. The number of halogens is 1. The van der Waals surface area contributed by atoms with E-state index in [1.54, 1.807) is 6.92 Å². The molecule has 3 rings (SSSR count). The predicted octanol–water partition coefficient (Wildman–Crippen LogP) is 5.64. The highest BCUT2D eigenvalue weighted by Crippen LogP contribution is 2.34. The van der Waals surface area contributed by atoms with Gasteiger partial charge in [0.05, 0.1) is 18.0 Å². The Morgan fingerprint density at radius 3 is 2.63 bits per heavy atom. The molecule has 0 atom stereocenters. The maximum absolute atomic E-state index is 12.4. The molecular formula is C19H17ClN4O3S3. The summed E-state index contributed by atoms with van der Waals surface area (Å²) < 4.78 is 5.36. The molecule has 11 heteroatoms. The number of nitrogens with one attached hydrogen (secondary N) is 2. The van der Waals surface area contributed by atoms with Crippen LogP contribution < -0.4 is 10.6 Å². The lowest BCUT2D eigenvalue weighted by Crippen LogP contribution is -2.14. The number of thioether (sulfide) groups is 1. The molecule has 156 valence electrons. The highest BCUT2D eigenvalue weighted by molar-refractivity contribution is 8.01. The number of hydrogen-bond donors (Lipinski definition) is 2.